The van der Waals surface area contributed by atoms with Gasteiger partial charge < -0.3 is 4.98 Å². The highest BCUT2D eigenvalue weighted by Crippen LogP contribution is 2.31. The second-order valence-corrected chi connectivity index (χ2v) is 10.8. The highest BCUT2D eigenvalue weighted by atomic mass is 32.2. The second-order valence-electron chi connectivity index (χ2n) is 7.48. The maximum absolute atomic E-state index is 12.7. The molecule has 0 spiro atoms. The van der Waals surface area contributed by atoms with Gasteiger partial charge in [-0.1, -0.05) is 36.4 Å². The molecule has 0 radical (unpaired) electrons. The third-order valence-corrected chi connectivity index (χ3v) is 8.00. The maximum Gasteiger partial charge on any atom is 0.261 e. The van der Waals surface area contributed by atoms with E-state index in [0.29, 0.717) is 11.4 Å². The minimum absolute atomic E-state index is 0.168. The fourth-order valence-electron chi connectivity index (χ4n) is 3.65. The predicted octanol–water partition coefficient (Wildman–Crippen LogP) is 4.92. The summed E-state index contributed by atoms with van der Waals surface area (Å²) in [5, 5.41) is 1.53. The molecule has 5 rings (SSSR count). The van der Waals surface area contributed by atoms with Gasteiger partial charge in [0.15, 0.2) is 0 Å². The Kier molecular flexibility index (Phi) is 5.07. The van der Waals surface area contributed by atoms with Crippen LogP contribution < -0.4 is 9.44 Å². The number of nitrogens with one attached hydrogen (secondary N) is 3. The molecule has 0 aliphatic rings. The summed E-state index contributed by atoms with van der Waals surface area (Å²) in [6, 6.07) is 26.6. The third kappa shape index (κ3) is 4.15. The molecule has 3 N–H and O–H groups in total. The van der Waals surface area contributed by atoms with Crippen LogP contribution in [0.5, 0.6) is 0 Å². The van der Waals surface area contributed by atoms with Crippen molar-refractivity contribution in [2.75, 3.05) is 9.44 Å². The number of sulfonamides is 2. The van der Waals surface area contributed by atoms with E-state index in [0.717, 1.165) is 21.8 Å². The van der Waals surface area contributed by atoms with Gasteiger partial charge in [0.1, 0.15) is 0 Å². The number of hydrogen-bond donors (Lipinski definition) is 3. The average Bonchev–Trinajstić information content (AvgIpc) is 3.17. The molecular weight excluding hydrogens is 458 g/mol. The summed E-state index contributed by atoms with van der Waals surface area (Å²) in [7, 11) is -7.47. The Morgan fingerprint density at radius 3 is 1.30 bits per heavy atom. The van der Waals surface area contributed by atoms with E-state index in [-0.39, 0.29) is 9.79 Å². The Morgan fingerprint density at radius 1 is 0.515 bits per heavy atom. The van der Waals surface area contributed by atoms with E-state index < -0.39 is 20.0 Å². The molecule has 1 aromatic heterocycles. The molecule has 4 aromatic carbocycles. The first-order valence-electron chi connectivity index (χ1n) is 10.0. The van der Waals surface area contributed by atoms with Gasteiger partial charge in [-0.15, -0.1) is 0 Å². The van der Waals surface area contributed by atoms with Crippen molar-refractivity contribution < 1.29 is 16.8 Å². The van der Waals surface area contributed by atoms with Gasteiger partial charge in [-0.25, -0.2) is 16.8 Å². The molecule has 0 fully saturated rings. The fraction of sp³-hybridized carbons (Fsp3) is 0. The van der Waals surface area contributed by atoms with Crippen molar-refractivity contribution in [2.45, 2.75) is 9.79 Å². The third-order valence-electron chi connectivity index (χ3n) is 5.21. The van der Waals surface area contributed by atoms with Crippen molar-refractivity contribution in [1.29, 1.82) is 0 Å². The molecule has 7 nitrogen and oxygen atoms in total. The normalized spacial score (nSPS) is 12.1. The zero-order valence-corrected chi connectivity index (χ0v) is 18.8. The van der Waals surface area contributed by atoms with Crippen LogP contribution >= 0.6 is 0 Å². The second kappa shape index (κ2) is 7.95. The number of H-pyrrole nitrogens is 1. The van der Waals surface area contributed by atoms with Gasteiger partial charge in [-0.05, 0) is 60.7 Å². The van der Waals surface area contributed by atoms with Gasteiger partial charge >= 0.3 is 0 Å². The molecule has 0 bridgehead atoms. The lowest BCUT2D eigenvalue weighted by Gasteiger charge is -2.09. The number of anilines is 2. The zero-order chi connectivity index (χ0) is 23.1. The number of fused-ring (bicyclic) bond motifs is 3. The summed E-state index contributed by atoms with van der Waals surface area (Å²) in [5.41, 5.74) is 2.41. The van der Waals surface area contributed by atoms with Gasteiger partial charge in [0, 0.05) is 33.2 Å². The van der Waals surface area contributed by atoms with Crippen LogP contribution in [-0.2, 0) is 20.0 Å². The smallest absolute Gasteiger partial charge is 0.261 e. The zero-order valence-electron chi connectivity index (χ0n) is 17.2. The highest BCUT2D eigenvalue weighted by molar-refractivity contribution is 7.93. The summed E-state index contributed by atoms with van der Waals surface area (Å²) in [6.45, 7) is 0. The number of aromatic nitrogens is 1. The van der Waals surface area contributed by atoms with E-state index in [4.69, 9.17) is 0 Å². The van der Waals surface area contributed by atoms with E-state index in [1.807, 2.05) is 0 Å². The number of aromatic amines is 1. The average molecular weight is 478 g/mol. The van der Waals surface area contributed by atoms with E-state index in [1.54, 1.807) is 72.8 Å². The molecular formula is C24H19N3O4S2. The van der Waals surface area contributed by atoms with Crippen LogP contribution in [0.4, 0.5) is 11.4 Å². The summed E-state index contributed by atoms with van der Waals surface area (Å²) in [5.74, 6) is 0. The van der Waals surface area contributed by atoms with Crippen LogP contribution in [0.1, 0.15) is 0 Å². The van der Waals surface area contributed by atoms with Crippen molar-refractivity contribution >= 4 is 53.2 Å². The molecule has 1 heterocycles. The van der Waals surface area contributed by atoms with Crippen molar-refractivity contribution in [3.63, 3.8) is 0 Å². The molecule has 5 aromatic rings. The van der Waals surface area contributed by atoms with Crippen LogP contribution in [0.25, 0.3) is 21.8 Å². The van der Waals surface area contributed by atoms with E-state index in [9.17, 15) is 16.8 Å². The van der Waals surface area contributed by atoms with Crippen molar-refractivity contribution in [3.05, 3.63) is 97.1 Å². The molecule has 0 saturated heterocycles. The minimum atomic E-state index is -3.73. The first-order chi connectivity index (χ1) is 15.8. The lowest BCUT2D eigenvalue weighted by molar-refractivity contribution is 0.599. The standard InChI is InChI=1S/C24H19N3O4S2/c28-32(29,19-7-3-1-4-8-19)26-17-11-13-23-21(15-17)22-16-18(12-14-24(22)25-23)27-33(30,31)20-9-5-2-6-10-20/h1-16,25-27H. The maximum atomic E-state index is 12.7. The molecule has 0 atom stereocenters. The fourth-order valence-corrected chi connectivity index (χ4v) is 5.79. The topological polar surface area (TPSA) is 108 Å². The Bertz CT molecular complexity index is 1550. The quantitative estimate of drug-likeness (QED) is 0.322. The number of rotatable bonds is 6. The van der Waals surface area contributed by atoms with Crippen molar-refractivity contribution in [1.82, 2.24) is 4.98 Å². The predicted molar refractivity (Wildman–Crippen MR) is 130 cm³/mol. The van der Waals surface area contributed by atoms with E-state index in [1.165, 1.54) is 24.3 Å². The molecule has 0 amide bonds. The number of hydrogen-bond acceptors (Lipinski definition) is 4. The monoisotopic (exact) mass is 477 g/mol. The molecule has 0 saturated carbocycles. The van der Waals surface area contributed by atoms with Crippen LogP contribution in [0.15, 0.2) is 107 Å². The minimum Gasteiger partial charge on any atom is -0.355 e. The van der Waals surface area contributed by atoms with Crippen molar-refractivity contribution in [3.8, 4) is 0 Å². The largest absolute Gasteiger partial charge is 0.355 e. The molecule has 0 unspecified atom stereocenters. The Hall–Kier alpha value is -3.82. The summed E-state index contributed by atoms with van der Waals surface area (Å²) in [4.78, 5) is 3.60. The first kappa shape index (κ1) is 21.0. The van der Waals surface area contributed by atoms with Crippen LogP contribution in [-0.4, -0.2) is 21.8 Å². The van der Waals surface area contributed by atoms with Gasteiger partial charge in [0.25, 0.3) is 20.0 Å². The van der Waals surface area contributed by atoms with Gasteiger partial charge in [-0.3, -0.25) is 9.44 Å². The van der Waals surface area contributed by atoms with E-state index >= 15 is 0 Å². The van der Waals surface area contributed by atoms with Crippen LogP contribution in [0, 0.1) is 0 Å². The van der Waals surface area contributed by atoms with Gasteiger partial charge in [0.2, 0.25) is 0 Å². The van der Waals surface area contributed by atoms with Crippen LogP contribution in [0.2, 0.25) is 0 Å². The molecule has 166 valence electrons. The first-order valence-corrected chi connectivity index (χ1v) is 13.0. The highest BCUT2D eigenvalue weighted by Gasteiger charge is 2.16. The lowest BCUT2D eigenvalue weighted by Crippen LogP contribution is -2.12. The molecule has 9 heteroatoms. The molecule has 0 aliphatic heterocycles. The Balaban J connectivity index is 1.52. The van der Waals surface area contributed by atoms with Gasteiger partial charge in [0.05, 0.1) is 9.79 Å². The summed E-state index contributed by atoms with van der Waals surface area (Å²) in [6.07, 6.45) is 0. The molecule has 0 aliphatic carbocycles. The summed E-state index contributed by atoms with van der Waals surface area (Å²) < 4.78 is 56.0. The Morgan fingerprint density at radius 2 is 0.909 bits per heavy atom. The summed E-state index contributed by atoms with van der Waals surface area (Å²) >= 11 is 0. The molecule has 33 heavy (non-hydrogen) atoms. The van der Waals surface area contributed by atoms with E-state index in [2.05, 4.69) is 14.4 Å². The Labute approximate surface area is 191 Å². The SMILES string of the molecule is O=S(=O)(Nc1ccc2[nH]c3ccc(NS(=O)(=O)c4ccccc4)cc3c2c1)c1ccccc1. The number of benzene rings is 4. The van der Waals surface area contributed by atoms with Gasteiger partial charge in [-0.2, -0.15) is 0 Å². The lowest BCUT2D eigenvalue weighted by atomic mass is 10.1. The van der Waals surface area contributed by atoms with Crippen LogP contribution in [0.3, 0.4) is 0 Å². The van der Waals surface area contributed by atoms with Crippen molar-refractivity contribution in [2.24, 2.45) is 0 Å².